The van der Waals surface area contributed by atoms with Gasteiger partial charge in [0.2, 0.25) is 0 Å². The lowest BCUT2D eigenvalue weighted by Crippen LogP contribution is -2.09. The summed E-state index contributed by atoms with van der Waals surface area (Å²) < 4.78 is 33.4. The molecule has 0 spiro atoms. The summed E-state index contributed by atoms with van der Waals surface area (Å²) in [4.78, 5) is 0. The van der Waals surface area contributed by atoms with Crippen LogP contribution in [0.4, 0.5) is 0 Å². The highest BCUT2D eigenvalue weighted by molar-refractivity contribution is 5.48. The largest absolute Gasteiger partial charge is 0.467 e. The zero-order valence-electron chi connectivity index (χ0n) is 21.8. The number of benzene rings is 1. The molecule has 0 atom stereocenters. The lowest BCUT2D eigenvalue weighted by atomic mass is 10.0. The molecule has 1 aliphatic rings. The molecule has 190 valence electrons. The Balaban J connectivity index is 2.10. The first-order valence-electron chi connectivity index (χ1n) is 12.0. The van der Waals surface area contributed by atoms with Crippen LogP contribution < -0.4 is 9.47 Å². The number of allylic oxidation sites excluding steroid dienone is 6. The van der Waals surface area contributed by atoms with Crippen molar-refractivity contribution in [2.75, 3.05) is 41.0 Å². The van der Waals surface area contributed by atoms with E-state index < -0.39 is 6.29 Å². The van der Waals surface area contributed by atoms with E-state index in [2.05, 4.69) is 45.9 Å². The highest BCUT2D eigenvalue weighted by Gasteiger charge is 2.24. The molecule has 1 aliphatic heterocycles. The molecule has 0 radical (unpaired) electrons. The number of methoxy groups -OCH3 is 2. The van der Waals surface area contributed by atoms with Crippen LogP contribution in [0.2, 0.25) is 0 Å². The normalized spacial score (nSPS) is 15.0. The zero-order chi connectivity index (χ0) is 24.8. The molecule has 0 saturated carbocycles. The summed E-state index contributed by atoms with van der Waals surface area (Å²) in [5.74, 6) is 1.41. The van der Waals surface area contributed by atoms with Crippen LogP contribution in [0.5, 0.6) is 11.5 Å². The van der Waals surface area contributed by atoms with Gasteiger partial charge in [0.15, 0.2) is 19.9 Å². The quantitative estimate of drug-likeness (QED) is 0.209. The Hall–Kier alpha value is -2.12. The van der Waals surface area contributed by atoms with Crippen LogP contribution in [0.1, 0.15) is 70.8 Å². The average Bonchev–Trinajstić information content (AvgIpc) is 3.34. The highest BCUT2D eigenvalue weighted by Crippen LogP contribution is 2.37. The molecule has 6 heteroatoms. The van der Waals surface area contributed by atoms with Crippen LogP contribution in [-0.2, 0) is 25.4 Å². The van der Waals surface area contributed by atoms with Gasteiger partial charge in [0.1, 0.15) is 11.5 Å². The van der Waals surface area contributed by atoms with Crippen molar-refractivity contribution in [3.8, 4) is 11.5 Å². The fourth-order valence-electron chi connectivity index (χ4n) is 3.63. The van der Waals surface area contributed by atoms with Crippen LogP contribution in [0.25, 0.3) is 0 Å². The predicted molar refractivity (Wildman–Crippen MR) is 135 cm³/mol. The maximum atomic E-state index is 5.88. The second kappa shape index (κ2) is 15.7. The minimum Gasteiger partial charge on any atom is -0.467 e. The third-order valence-electron chi connectivity index (χ3n) is 5.53. The van der Waals surface area contributed by atoms with Gasteiger partial charge in [-0.1, -0.05) is 34.9 Å². The van der Waals surface area contributed by atoms with Crippen molar-refractivity contribution in [1.82, 2.24) is 0 Å². The van der Waals surface area contributed by atoms with E-state index in [1.165, 1.54) is 16.7 Å². The number of hydrogen-bond acceptors (Lipinski definition) is 6. The fourth-order valence-corrected chi connectivity index (χ4v) is 3.63. The van der Waals surface area contributed by atoms with E-state index in [0.717, 1.165) is 49.0 Å². The van der Waals surface area contributed by atoms with E-state index in [1.807, 2.05) is 12.1 Å². The van der Waals surface area contributed by atoms with Gasteiger partial charge >= 0.3 is 0 Å². The summed E-state index contributed by atoms with van der Waals surface area (Å²) in [6, 6.07) is 3.92. The molecule has 1 aromatic rings. The molecule has 0 aliphatic carbocycles. The molecule has 0 aromatic heterocycles. The van der Waals surface area contributed by atoms with Gasteiger partial charge in [0.25, 0.3) is 0 Å². The third-order valence-corrected chi connectivity index (χ3v) is 5.53. The molecule has 0 bridgehead atoms. The van der Waals surface area contributed by atoms with E-state index in [0.29, 0.717) is 19.0 Å². The summed E-state index contributed by atoms with van der Waals surface area (Å²) >= 11 is 0. The first kappa shape index (κ1) is 28.1. The number of ether oxygens (including phenoxy) is 6. The molecule has 2 rings (SSSR count). The maximum Gasteiger partial charge on any atom is 0.188 e. The molecule has 1 aromatic carbocycles. The molecule has 6 nitrogen and oxygen atoms in total. The lowest BCUT2D eigenvalue weighted by Gasteiger charge is -2.19. The minimum atomic E-state index is -0.477. The molecule has 1 fully saturated rings. The highest BCUT2D eigenvalue weighted by atomic mass is 16.7. The van der Waals surface area contributed by atoms with Crippen molar-refractivity contribution < 1.29 is 28.4 Å². The minimum absolute atomic E-state index is 0.144. The molecule has 0 N–H and O–H groups in total. The zero-order valence-corrected chi connectivity index (χ0v) is 21.8. The lowest BCUT2D eigenvalue weighted by molar-refractivity contribution is -0.0480. The van der Waals surface area contributed by atoms with E-state index in [-0.39, 0.29) is 13.6 Å². The van der Waals surface area contributed by atoms with Gasteiger partial charge in [-0.05, 0) is 71.9 Å². The van der Waals surface area contributed by atoms with E-state index >= 15 is 0 Å². The molecular weight excluding hydrogens is 432 g/mol. The van der Waals surface area contributed by atoms with Crippen molar-refractivity contribution in [1.29, 1.82) is 0 Å². The van der Waals surface area contributed by atoms with Crippen molar-refractivity contribution in [3.63, 3.8) is 0 Å². The van der Waals surface area contributed by atoms with Crippen LogP contribution in [0.3, 0.4) is 0 Å². The Morgan fingerprint density at radius 2 is 1.41 bits per heavy atom. The van der Waals surface area contributed by atoms with Crippen LogP contribution >= 0.6 is 0 Å². The molecule has 0 amide bonds. The Labute approximate surface area is 205 Å². The summed E-state index contributed by atoms with van der Waals surface area (Å²) in [5.41, 5.74) is 5.98. The van der Waals surface area contributed by atoms with Crippen LogP contribution in [0.15, 0.2) is 47.1 Å². The molecule has 1 saturated heterocycles. The molecular formula is C28H42O6. The summed E-state index contributed by atoms with van der Waals surface area (Å²) in [6.07, 6.45) is 11.5. The molecule has 1 heterocycles. The fraction of sp³-hybridized carbons (Fsp3) is 0.571. The molecule has 34 heavy (non-hydrogen) atoms. The maximum absolute atomic E-state index is 5.88. The first-order valence-corrected chi connectivity index (χ1v) is 12.0. The second-order valence-corrected chi connectivity index (χ2v) is 8.84. The van der Waals surface area contributed by atoms with Crippen molar-refractivity contribution in [3.05, 3.63) is 58.2 Å². The van der Waals surface area contributed by atoms with Gasteiger partial charge in [-0.25, -0.2) is 0 Å². The predicted octanol–water partition coefficient (Wildman–Crippen LogP) is 6.66. The van der Waals surface area contributed by atoms with Crippen LogP contribution in [0, 0.1) is 0 Å². The summed E-state index contributed by atoms with van der Waals surface area (Å²) in [7, 11) is 3.21. The van der Waals surface area contributed by atoms with Gasteiger partial charge < -0.3 is 28.4 Å². The van der Waals surface area contributed by atoms with E-state index in [9.17, 15) is 0 Å². The number of hydrogen-bond donors (Lipinski definition) is 0. The second-order valence-electron chi connectivity index (χ2n) is 8.84. The monoisotopic (exact) mass is 474 g/mol. The third kappa shape index (κ3) is 10.0. The first-order chi connectivity index (χ1) is 16.4. The Bertz CT molecular complexity index is 830. The van der Waals surface area contributed by atoms with Gasteiger partial charge in [0.05, 0.1) is 18.8 Å². The topological polar surface area (TPSA) is 55.4 Å². The summed E-state index contributed by atoms with van der Waals surface area (Å²) in [6.45, 7) is 10.1. The van der Waals surface area contributed by atoms with Crippen molar-refractivity contribution in [2.24, 2.45) is 0 Å². The Morgan fingerprint density at radius 3 is 2.03 bits per heavy atom. The van der Waals surface area contributed by atoms with Crippen molar-refractivity contribution in [2.45, 2.75) is 66.1 Å². The standard InChI is InChI=1S/C28H42O6/c1-21(2)9-7-10-22(3)11-8-12-23(4)13-14-24-17-27(34-20-30-6)25(28-31-15-16-32-28)18-26(24)33-19-29-5/h9,11,13,17-18,28H,7-8,10,12,14-16,19-20H2,1-6H3/b22-11+,23-13-. The molecule has 0 unspecified atom stereocenters. The summed E-state index contributed by atoms with van der Waals surface area (Å²) in [5, 5.41) is 0. The Kier molecular flexibility index (Phi) is 13.0. The van der Waals surface area contributed by atoms with E-state index in [1.54, 1.807) is 14.2 Å². The van der Waals surface area contributed by atoms with Gasteiger partial charge in [-0.15, -0.1) is 0 Å². The number of rotatable bonds is 15. The van der Waals surface area contributed by atoms with Gasteiger partial charge in [-0.2, -0.15) is 0 Å². The Morgan fingerprint density at radius 1 is 0.824 bits per heavy atom. The SMILES string of the molecule is COCOc1cc(C2OCCO2)c(OCOC)cc1C/C=C(/C)CC/C=C(\C)CCC=C(C)C. The van der Waals surface area contributed by atoms with Gasteiger partial charge in [-0.3, -0.25) is 0 Å². The van der Waals surface area contributed by atoms with Crippen LogP contribution in [-0.4, -0.2) is 41.0 Å². The van der Waals surface area contributed by atoms with Crippen molar-refractivity contribution >= 4 is 0 Å². The van der Waals surface area contributed by atoms with E-state index in [4.69, 9.17) is 28.4 Å². The van der Waals surface area contributed by atoms with Gasteiger partial charge in [0, 0.05) is 19.8 Å². The average molecular weight is 475 g/mol. The smallest absolute Gasteiger partial charge is 0.188 e.